The molecule has 0 aromatic rings. The van der Waals surface area contributed by atoms with E-state index in [2.05, 4.69) is 0 Å². The Hall–Kier alpha value is 0.0700. The van der Waals surface area contributed by atoms with Gasteiger partial charge in [0.2, 0.25) is 0 Å². The van der Waals surface area contributed by atoms with Crippen LogP contribution in [0.1, 0.15) is 20.3 Å². The van der Waals surface area contributed by atoms with Gasteiger partial charge in [-0.3, -0.25) is 4.57 Å². The lowest BCUT2D eigenvalue weighted by Crippen LogP contribution is -2.34. The van der Waals surface area contributed by atoms with E-state index < -0.39 is 12.9 Å². The van der Waals surface area contributed by atoms with E-state index in [1.165, 1.54) is 6.92 Å². The molecule has 10 heavy (non-hydrogen) atoms. The molecule has 6 N–H and O–H groups in total. The first-order valence-corrected chi connectivity index (χ1v) is 4.27. The smallest absolute Gasteiger partial charge is 0.344 e. The molecule has 0 bridgehead atoms. The molecule has 0 fully saturated rings. The minimum atomic E-state index is -4.09. The Kier molecular flexibility index (Phi) is 4.40. The van der Waals surface area contributed by atoms with Crippen molar-refractivity contribution >= 4 is 7.60 Å². The van der Waals surface area contributed by atoms with E-state index in [4.69, 9.17) is 15.5 Å². The number of hydrogen-bond acceptors (Lipinski definition) is 2. The quantitative estimate of drug-likeness (QED) is 0.482. The third kappa shape index (κ3) is 2.77. The van der Waals surface area contributed by atoms with Gasteiger partial charge in [-0.2, -0.15) is 0 Å². The normalized spacial score (nSPS) is 17.3. The number of rotatable bonds is 2. The van der Waals surface area contributed by atoms with Gasteiger partial charge in [-0.1, -0.05) is 6.92 Å². The van der Waals surface area contributed by atoms with Crippen LogP contribution in [0.5, 0.6) is 0 Å². The lowest BCUT2D eigenvalue weighted by Gasteiger charge is -2.23. The van der Waals surface area contributed by atoms with Crippen LogP contribution in [-0.4, -0.2) is 20.5 Å². The van der Waals surface area contributed by atoms with Crippen LogP contribution in [0.2, 0.25) is 0 Å². The summed E-state index contributed by atoms with van der Waals surface area (Å²) in [6.45, 7) is 2.98. The van der Waals surface area contributed by atoms with Crippen molar-refractivity contribution in [2.45, 2.75) is 25.5 Å². The van der Waals surface area contributed by atoms with E-state index in [0.29, 0.717) is 0 Å². The summed E-state index contributed by atoms with van der Waals surface area (Å²) >= 11 is 0. The molecule has 0 saturated heterocycles. The van der Waals surface area contributed by atoms with Crippen molar-refractivity contribution in [2.24, 2.45) is 5.73 Å². The van der Waals surface area contributed by atoms with Crippen molar-refractivity contribution in [3.63, 3.8) is 0 Å². The Balaban J connectivity index is 0. The molecule has 0 saturated carbocycles. The van der Waals surface area contributed by atoms with Crippen LogP contribution in [0.15, 0.2) is 0 Å². The van der Waals surface area contributed by atoms with Gasteiger partial charge in [0.25, 0.3) is 0 Å². The van der Waals surface area contributed by atoms with Gasteiger partial charge < -0.3 is 21.0 Å². The van der Waals surface area contributed by atoms with Gasteiger partial charge in [-0.15, -0.1) is 0 Å². The van der Waals surface area contributed by atoms with Crippen molar-refractivity contribution in [3.8, 4) is 0 Å². The van der Waals surface area contributed by atoms with Gasteiger partial charge in [0.1, 0.15) is 5.28 Å². The van der Waals surface area contributed by atoms with Crippen LogP contribution in [0.25, 0.3) is 0 Å². The molecule has 0 spiro atoms. The second kappa shape index (κ2) is 3.46. The Morgan fingerprint density at radius 3 is 1.90 bits per heavy atom. The molecular weight excluding hydrogens is 157 g/mol. The first-order valence-electron chi connectivity index (χ1n) is 2.66. The molecule has 0 heterocycles. The summed E-state index contributed by atoms with van der Waals surface area (Å²) in [7, 11) is -4.09. The van der Waals surface area contributed by atoms with Crippen LogP contribution in [0, 0.1) is 0 Å². The molecule has 0 aliphatic rings. The van der Waals surface area contributed by atoms with Gasteiger partial charge in [-0.25, -0.2) is 0 Å². The Morgan fingerprint density at radius 1 is 1.60 bits per heavy atom. The summed E-state index contributed by atoms with van der Waals surface area (Å²) in [4.78, 5) is 17.1. The summed E-state index contributed by atoms with van der Waals surface area (Å²) in [5.74, 6) is 0. The third-order valence-electron chi connectivity index (χ3n) is 1.38. The highest BCUT2D eigenvalue weighted by atomic mass is 31.2. The van der Waals surface area contributed by atoms with Crippen molar-refractivity contribution in [3.05, 3.63) is 0 Å². The monoisotopic (exact) mass is 171 g/mol. The highest BCUT2D eigenvalue weighted by Gasteiger charge is 2.36. The zero-order valence-corrected chi connectivity index (χ0v) is 6.93. The predicted octanol–water partition coefficient (Wildman–Crippen LogP) is -0.576. The van der Waals surface area contributed by atoms with Crippen molar-refractivity contribution in [2.75, 3.05) is 0 Å². The topological polar surface area (TPSA) is 115 Å². The van der Waals surface area contributed by atoms with E-state index in [0.717, 1.165) is 0 Å². The molecule has 0 aromatic carbocycles. The maximum Gasteiger partial charge on any atom is 0.344 e. The summed E-state index contributed by atoms with van der Waals surface area (Å²) in [5.41, 5.74) is 5.23. The van der Waals surface area contributed by atoms with Gasteiger partial charge in [0.05, 0.1) is 0 Å². The second-order valence-electron chi connectivity index (χ2n) is 2.25. The zero-order chi connectivity index (χ0) is 7.71. The van der Waals surface area contributed by atoms with Crippen LogP contribution >= 0.6 is 7.60 Å². The molecule has 64 valence electrons. The summed E-state index contributed by atoms with van der Waals surface area (Å²) < 4.78 is 10.5. The molecule has 0 rings (SSSR count). The fraction of sp³-hybridized carbons (Fsp3) is 1.00. The first-order chi connectivity index (χ1) is 3.81. The maximum atomic E-state index is 10.5. The number of nitrogens with two attached hydrogens (primary N) is 1. The fourth-order valence-corrected chi connectivity index (χ4v) is 0.618. The van der Waals surface area contributed by atoms with Crippen molar-refractivity contribution in [1.82, 2.24) is 0 Å². The molecule has 5 nitrogen and oxygen atoms in total. The van der Waals surface area contributed by atoms with E-state index in [-0.39, 0.29) is 11.9 Å². The van der Waals surface area contributed by atoms with Crippen LogP contribution < -0.4 is 5.73 Å². The van der Waals surface area contributed by atoms with Gasteiger partial charge in [-0.05, 0) is 13.3 Å². The molecule has 0 aromatic heterocycles. The Bertz CT molecular complexity index is 140. The number of hydrogen-bond donors (Lipinski definition) is 3. The molecular formula is C4H14NO4P. The summed E-state index contributed by atoms with van der Waals surface area (Å²) in [6.07, 6.45) is 0.275. The zero-order valence-electron chi connectivity index (χ0n) is 6.03. The van der Waals surface area contributed by atoms with E-state index >= 15 is 0 Å². The minimum Gasteiger partial charge on any atom is -0.412 e. The van der Waals surface area contributed by atoms with Crippen molar-refractivity contribution in [1.29, 1.82) is 0 Å². The van der Waals surface area contributed by atoms with E-state index in [1.807, 2.05) is 0 Å². The second-order valence-corrected chi connectivity index (χ2v) is 4.36. The minimum absolute atomic E-state index is 0. The van der Waals surface area contributed by atoms with Gasteiger partial charge in [0.15, 0.2) is 0 Å². The largest absolute Gasteiger partial charge is 0.412 e. The molecule has 6 heteroatoms. The third-order valence-corrected chi connectivity index (χ3v) is 3.03. The lowest BCUT2D eigenvalue weighted by molar-refractivity contribution is 0.328. The average Bonchev–Trinajstić information content (AvgIpc) is 1.64. The van der Waals surface area contributed by atoms with Crippen LogP contribution in [-0.2, 0) is 4.57 Å². The van der Waals surface area contributed by atoms with E-state index in [1.54, 1.807) is 6.92 Å². The molecule has 0 aliphatic heterocycles. The fourth-order valence-electron chi connectivity index (χ4n) is 0.206. The molecule has 1 unspecified atom stereocenters. The van der Waals surface area contributed by atoms with Crippen LogP contribution in [0.3, 0.4) is 0 Å². The summed E-state index contributed by atoms with van der Waals surface area (Å²) in [6, 6.07) is 0. The van der Waals surface area contributed by atoms with Crippen LogP contribution in [0.4, 0.5) is 0 Å². The Labute approximate surface area is 59.7 Å². The Morgan fingerprint density at radius 2 is 1.90 bits per heavy atom. The molecule has 0 radical (unpaired) electrons. The molecule has 0 aliphatic carbocycles. The van der Waals surface area contributed by atoms with Gasteiger partial charge in [0, 0.05) is 0 Å². The van der Waals surface area contributed by atoms with Crippen molar-refractivity contribution < 1.29 is 19.8 Å². The van der Waals surface area contributed by atoms with E-state index in [9.17, 15) is 4.57 Å². The first kappa shape index (κ1) is 12.7. The maximum absolute atomic E-state index is 10.5. The predicted molar refractivity (Wildman–Crippen MR) is 38.5 cm³/mol. The highest BCUT2D eigenvalue weighted by Crippen LogP contribution is 2.48. The standard InChI is InChI=1S/C4H12NO3P.H2O/c1-3-4(2,5)9(6,7)8;/h3,5H2,1-2H3,(H2,6,7,8);1H2. The SMILES string of the molecule is CCC(C)(N)P(=O)(O)O.O. The van der Waals surface area contributed by atoms with Gasteiger partial charge >= 0.3 is 7.60 Å². The average molecular weight is 171 g/mol. The lowest BCUT2D eigenvalue weighted by atomic mass is 10.3. The molecule has 0 amide bonds. The summed E-state index contributed by atoms with van der Waals surface area (Å²) in [5, 5.41) is -1.35. The molecule has 1 atom stereocenters. The highest BCUT2D eigenvalue weighted by molar-refractivity contribution is 7.53.